The third-order valence-electron chi connectivity index (χ3n) is 3.39. The first-order chi connectivity index (χ1) is 8.56. The zero-order valence-electron chi connectivity index (χ0n) is 10.9. The molecular formula is C13H22O5. The first-order valence-electron chi connectivity index (χ1n) is 6.25. The molecule has 0 radical (unpaired) electrons. The molecule has 1 heterocycles. The maximum Gasteiger partial charge on any atom is 0.333 e. The van der Waals surface area contributed by atoms with Crippen LogP contribution in [-0.4, -0.2) is 48.7 Å². The van der Waals surface area contributed by atoms with Gasteiger partial charge in [0.1, 0.15) is 6.61 Å². The number of hydrogen-bond acceptors (Lipinski definition) is 5. The number of ether oxygens (including phenoxy) is 2. The fraction of sp³-hybridized carbons (Fsp3) is 0.769. The van der Waals surface area contributed by atoms with Crippen LogP contribution in [0.3, 0.4) is 0 Å². The summed E-state index contributed by atoms with van der Waals surface area (Å²) >= 11 is 0. The number of esters is 1. The summed E-state index contributed by atoms with van der Waals surface area (Å²) in [6.07, 6.45) is 2.14. The van der Waals surface area contributed by atoms with E-state index in [0.29, 0.717) is 18.4 Å². The number of aliphatic hydroxyl groups excluding tert-OH is 2. The smallest absolute Gasteiger partial charge is 0.333 e. The molecule has 5 heteroatoms. The second kappa shape index (κ2) is 6.87. The lowest BCUT2D eigenvalue weighted by molar-refractivity contribution is -0.145. The molecule has 1 fully saturated rings. The Labute approximate surface area is 107 Å². The molecule has 0 aromatic heterocycles. The highest BCUT2D eigenvalue weighted by atomic mass is 16.6. The molecule has 0 bridgehead atoms. The van der Waals surface area contributed by atoms with E-state index >= 15 is 0 Å². The van der Waals surface area contributed by atoms with Gasteiger partial charge in [0.25, 0.3) is 0 Å². The van der Waals surface area contributed by atoms with E-state index in [1.165, 1.54) is 0 Å². The standard InChI is InChI=1S/C13H22O5/c1-3-13(7-14,8-15)9-18-12(16)10(2)4-5-11-6-17-11/h11,14-15H,2-9H2,1H3. The molecule has 1 unspecified atom stereocenters. The van der Waals surface area contributed by atoms with E-state index in [1.807, 2.05) is 6.92 Å². The molecule has 1 saturated heterocycles. The van der Waals surface area contributed by atoms with Gasteiger partial charge in [-0.05, 0) is 19.3 Å². The minimum absolute atomic E-state index is 0.00822. The van der Waals surface area contributed by atoms with Crippen molar-refractivity contribution in [3.63, 3.8) is 0 Å². The van der Waals surface area contributed by atoms with Crippen molar-refractivity contribution >= 4 is 5.97 Å². The zero-order valence-corrected chi connectivity index (χ0v) is 10.9. The summed E-state index contributed by atoms with van der Waals surface area (Å²) in [6.45, 7) is 5.85. The molecule has 1 aliphatic heterocycles. The highest BCUT2D eigenvalue weighted by Gasteiger charge is 2.29. The number of rotatable bonds is 9. The van der Waals surface area contributed by atoms with Gasteiger partial charge >= 0.3 is 5.97 Å². The molecule has 0 saturated carbocycles. The van der Waals surface area contributed by atoms with Crippen LogP contribution in [0.5, 0.6) is 0 Å². The summed E-state index contributed by atoms with van der Waals surface area (Å²) in [6, 6.07) is 0. The Morgan fingerprint density at radius 2 is 2.11 bits per heavy atom. The quantitative estimate of drug-likeness (QED) is 0.360. The summed E-state index contributed by atoms with van der Waals surface area (Å²) in [5.74, 6) is -0.463. The Bertz CT molecular complexity index is 283. The van der Waals surface area contributed by atoms with Crippen LogP contribution in [0.2, 0.25) is 0 Å². The lowest BCUT2D eigenvalue weighted by Crippen LogP contribution is -2.35. The molecular weight excluding hydrogens is 236 g/mol. The predicted octanol–water partition coefficient (Wildman–Crippen LogP) is 0.646. The van der Waals surface area contributed by atoms with E-state index in [9.17, 15) is 15.0 Å². The molecule has 5 nitrogen and oxygen atoms in total. The van der Waals surface area contributed by atoms with Crippen LogP contribution in [0.15, 0.2) is 12.2 Å². The van der Waals surface area contributed by atoms with Crippen LogP contribution in [0.25, 0.3) is 0 Å². The number of epoxide rings is 1. The number of hydrogen-bond donors (Lipinski definition) is 2. The van der Waals surface area contributed by atoms with Crippen LogP contribution in [0.1, 0.15) is 26.2 Å². The van der Waals surface area contributed by atoms with Gasteiger partial charge in [-0.25, -0.2) is 4.79 Å². The van der Waals surface area contributed by atoms with Crippen LogP contribution in [-0.2, 0) is 14.3 Å². The van der Waals surface area contributed by atoms with E-state index in [4.69, 9.17) is 9.47 Å². The Morgan fingerprint density at radius 3 is 2.56 bits per heavy atom. The zero-order chi connectivity index (χ0) is 13.6. The monoisotopic (exact) mass is 258 g/mol. The van der Waals surface area contributed by atoms with Crippen molar-refractivity contribution in [2.45, 2.75) is 32.3 Å². The van der Waals surface area contributed by atoms with Gasteiger partial charge in [-0.3, -0.25) is 0 Å². The van der Waals surface area contributed by atoms with Crippen molar-refractivity contribution < 1.29 is 24.5 Å². The molecule has 0 aliphatic carbocycles. The first-order valence-corrected chi connectivity index (χ1v) is 6.25. The number of aliphatic hydroxyl groups is 2. The van der Waals surface area contributed by atoms with Crippen molar-refractivity contribution in [3.8, 4) is 0 Å². The van der Waals surface area contributed by atoms with Gasteiger partial charge in [-0.2, -0.15) is 0 Å². The van der Waals surface area contributed by atoms with Crippen LogP contribution >= 0.6 is 0 Å². The fourth-order valence-corrected chi connectivity index (χ4v) is 1.46. The molecule has 104 valence electrons. The third kappa shape index (κ3) is 4.40. The van der Waals surface area contributed by atoms with Crippen molar-refractivity contribution in [3.05, 3.63) is 12.2 Å². The van der Waals surface area contributed by atoms with Crippen molar-refractivity contribution in [1.82, 2.24) is 0 Å². The summed E-state index contributed by atoms with van der Waals surface area (Å²) < 4.78 is 10.1. The van der Waals surface area contributed by atoms with Crippen LogP contribution in [0.4, 0.5) is 0 Å². The Morgan fingerprint density at radius 1 is 1.50 bits per heavy atom. The summed E-state index contributed by atoms with van der Waals surface area (Å²) in [4.78, 5) is 11.6. The van der Waals surface area contributed by atoms with Crippen molar-refractivity contribution in [1.29, 1.82) is 0 Å². The van der Waals surface area contributed by atoms with E-state index in [-0.39, 0.29) is 25.9 Å². The maximum atomic E-state index is 11.6. The van der Waals surface area contributed by atoms with E-state index in [1.54, 1.807) is 0 Å². The van der Waals surface area contributed by atoms with Crippen LogP contribution < -0.4 is 0 Å². The molecule has 0 aromatic rings. The predicted molar refractivity (Wildman–Crippen MR) is 66.0 cm³/mol. The number of carbonyl (C=O) groups is 1. The van der Waals surface area contributed by atoms with Crippen LogP contribution in [0, 0.1) is 5.41 Å². The second-order valence-electron chi connectivity index (χ2n) is 4.84. The summed E-state index contributed by atoms with van der Waals surface area (Å²) in [5, 5.41) is 18.4. The third-order valence-corrected chi connectivity index (χ3v) is 3.39. The second-order valence-corrected chi connectivity index (χ2v) is 4.84. The Kier molecular flexibility index (Phi) is 5.78. The highest BCUT2D eigenvalue weighted by molar-refractivity contribution is 5.87. The molecule has 18 heavy (non-hydrogen) atoms. The van der Waals surface area contributed by atoms with Gasteiger partial charge in [-0.15, -0.1) is 0 Å². The van der Waals surface area contributed by atoms with Crippen molar-refractivity contribution in [2.24, 2.45) is 5.41 Å². The van der Waals surface area contributed by atoms with Gasteiger partial charge in [0.05, 0.1) is 31.3 Å². The lowest BCUT2D eigenvalue weighted by atomic mass is 9.88. The van der Waals surface area contributed by atoms with Crippen molar-refractivity contribution in [2.75, 3.05) is 26.4 Å². The van der Waals surface area contributed by atoms with Gasteiger partial charge in [0, 0.05) is 5.57 Å². The lowest BCUT2D eigenvalue weighted by Gasteiger charge is -2.27. The average Bonchev–Trinajstić information content (AvgIpc) is 3.22. The highest BCUT2D eigenvalue weighted by Crippen LogP contribution is 2.22. The molecule has 1 atom stereocenters. The molecule has 0 aromatic carbocycles. The van der Waals surface area contributed by atoms with Gasteiger partial charge in [0.2, 0.25) is 0 Å². The molecule has 0 spiro atoms. The maximum absolute atomic E-state index is 11.6. The van der Waals surface area contributed by atoms with E-state index in [2.05, 4.69) is 6.58 Å². The first kappa shape index (κ1) is 15.1. The Hall–Kier alpha value is -0.910. The molecule has 1 rings (SSSR count). The van der Waals surface area contributed by atoms with E-state index < -0.39 is 11.4 Å². The average molecular weight is 258 g/mol. The molecule has 2 N–H and O–H groups in total. The number of carbonyl (C=O) groups excluding carboxylic acids is 1. The molecule has 1 aliphatic rings. The van der Waals surface area contributed by atoms with Gasteiger partial charge in [0.15, 0.2) is 0 Å². The SMILES string of the molecule is C=C(CCC1CO1)C(=O)OCC(CC)(CO)CO. The van der Waals surface area contributed by atoms with Gasteiger partial charge in [-0.1, -0.05) is 13.5 Å². The topological polar surface area (TPSA) is 79.3 Å². The molecule has 0 amide bonds. The van der Waals surface area contributed by atoms with E-state index in [0.717, 1.165) is 13.0 Å². The normalized spacial score (nSPS) is 18.5. The Balaban J connectivity index is 2.31. The minimum atomic E-state index is -0.754. The minimum Gasteiger partial charge on any atom is -0.462 e. The fourth-order valence-electron chi connectivity index (χ4n) is 1.46. The summed E-state index contributed by atoms with van der Waals surface area (Å²) in [7, 11) is 0. The summed E-state index contributed by atoms with van der Waals surface area (Å²) in [5.41, 5.74) is -0.346. The largest absolute Gasteiger partial charge is 0.462 e. The van der Waals surface area contributed by atoms with Gasteiger partial charge < -0.3 is 19.7 Å².